The molecule has 1 heterocycles. The number of Topliss-reactive ketones (excluding diaryl/α,β-unsaturated/α-hetero) is 1. The normalized spacial score (nSPS) is 14.4. The SMILES string of the molecule is O=C(O)CC(NC(=O)C[N+]1=CCc2ccccc2C1=O)C(=O)CF. The molecular formula is C16H16FN2O5+. The van der Waals surface area contributed by atoms with Crippen molar-refractivity contribution in [3.63, 3.8) is 0 Å². The molecule has 0 spiro atoms. The van der Waals surface area contributed by atoms with Gasteiger partial charge in [-0.05, 0) is 11.6 Å². The zero-order chi connectivity index (χ0) is 17.7. The molecule has 8 heteroatoms. The summed E-state index contributed by atoms with van der Waals surface area (Å²) >= 11 is 0. The third-order valence-electron chi connectivity index (χ3n) is 3.59. The van der Waals surface area contributed by atoms with E-state index in [9.17, 15) is 23.6 Å². The van der Waals surface area contributed by atoms with Crippen molar-refractivity contribution in [3.8, 4) is 0 Å². The molecule has 1 atom stereocenters. The van der Waals surface area contributed by atoms with Crippen LogP contribution in [0.5, 0.6) is 0 Å². The number of halogens is 1. The van der Waals surface area contributed by atoms with Gasteiger partial charge in [-0.15, -0.1) is 0 Å². The highest BCUT2D eigenvalue weighted by Gasteiger charge is 2.31. The van der Waals surface area contributed by atoms with Crippen molar-refractivity contribution in [3.05, 3.63) is 35.4 Å². The van der Waals surface area contributed by atoms with Gasteiger partial charge >= 0.3 is 11.9 Å². The number of carboxylic acids is 1. The van der Waals surface area contributed by atoms with Gasteiger partial charge in [0, 0.05) is 0 Å². The second kappa shape index (κ2) is 7.58. The first kappa shape index (κ1) is 17.5. The Morgan fingerprint density at radius 1 is 1.29 bits per heavy atom. The number of ketones is 1. The summed E-state index contributed by atoms with van der Waals surface area (Å²) in [7, 11) is 0. The monoisotopic (exact) mass is 335 g/mol. The highest BCUT2D eigenvalue weighted by Crippen LogP contribution is 2.13. The largest absolute Gasteiger partial charge is 0.481 e. The van der Waals surface area contributed by atoms with Crippen LogP contribution in [0.15, 0.2) is 24.3 Å². The van der Waals surface area contributed by atoms with Crippen LogP contribution in [0.4, 0.5) is 4.39 Å². The second-order valence-electron chi connectivity index (χ2n) is 5.29. The second-order valence-corrected chi connectivity index (χ2v) is 5.29. The predicted molar refractivity (Wildman–Crippen MR) is 80.8 cm³/mol. The maximum absolute atomic E-state index is 12.5. The fourth-order valence-electron chi connectivity index (χ4n) is 2.40. The number of fused-ring (bicyclic) bond motifs is 1. The molecule has 24 heavy (non-hydrogen) atoms. The molecule has 2 N–H and O–H groups in total. The fraction of sp³-hybridized carbons (Fsp3) is 0.312. The van der Waals surface area contributed by atoms with Crippen molar-refractivity contribution in [2.45, 2.75) is 18.9 Å². The molecule has 2 rings (SSSR count). The van der Waals surface area contributed by atoms with E-state index in [0.29, 0.717) is 12.0 Å². The molecule has 126 valence electrons. The lowest BCUT2D eigenvalue weighted by Crippen LogP contribution is -2.47. The number of nitrogens with zero attached hydrogens (tertiary/aromatic N) is 1. The Kier molecular flexibility index (Phi) is 5.51. The van der Waals surface area contributed by atoms with E-state index in [0.717, 1.165) is 5.56 Å². The van der Waals surface area contributed by atoms with Gasteiger partial charge in [-0.1, -0.05) is 18.2 Å². The fourth-order valence-corrected chi connectivity index (χ4v) is 2.40. The topological polar surface area (TPSA) is 104 Å². The molecule has 2 amide bonds. The van der Waals surface area contributed by atoms with Gasteiger partial charge in [0.1, 0.15) is 12.7 Å². The Labute approximate surface area is 136 Å². The van der Waals surface area contributed by atoms with Crippen molar-refractivity contribution >= 4 is 29.8 Å². The number of benzene rings is 1. The van der Waals surface area contributed by atoms with Crippen LogP contribution in [-0.4, -0.2) is 58.7 Å². The van der Waals surface area contributed by atoms with Crippen molar-refractivity contribution in [1.29, 1.82) is 0 Å². The Morgan fingerprint density at radius 3 is 2.67 bits per heavy atom. The third kappa shape index (κ3) is 4.09. The zero-order valence-electron chi connectivity index (χ0n) is 12.7. The van der Waals surface area contributed by atoms with E-state index in [1.165, 1.54) is 4.58 Å². The molecule has 1 aromatic rings. The number of alkyl halides is 1. The summed E-state index contributed by atoms with van der Waals surface area (Å²) in [6.07, 6.45) is 1.31. The molecule has 1 aliphatic rings. The third-order valence-corrected chi connectivity index (χ3v) is 3.59. The van der Waals surface area contributed by atoms with Gasteiger partial charge in [0.05, 0.1) is 18.4 Å². The summed E-state index contributed by atoms with van der Waals surface area (Å²) in [5, 5.41) is 10.9. The molecular weight excluding hydrogens is 319 g/mol. The Balaban J connectivity index is 2.04. The number of carboxylic acid groups (broad SMARTS) is 1. The molecule has 1 aromatic carbocycles. The van der Waals surface area contributed by atoms with Crippen LogP contribution in [0, 0.1) is 0 Å². The summed E-state index contributed by atoms with van der Waals surface area (Å²) in [4.78, 5) is 46.3. The van der Waals surface area contributed by atoms with Gasteiger partial charge < -0.3 is 10.4 Å². The molecule has 0 aromatic heterocycles. The quantitative estimate of drug-likeness (QED) is 0.681. The first-order valence-corrected chi connectivity index (χ1v) is 7.24. The lowest BCUT2D eigenvalue weighted by atomic mass is 10.0. The van der Waals surface area contributed by atoms with E-state index in [1.54, 1.807) is 24.4 Å². The molecule has 0 saturated heterocycles. The number of nitrogens with one attached hydrogen (secondary N) is 1. The van der Waals surface area contributed by atoms with Crippen molar-refractivity contribution in [1.82, 2.24) is 5.32 Å². The number of hydrogen-bond acceptors (Lipinski definition) is 4. The molecule has 0 bridgehead atoms. The first-order valence-electron chi connectivity index (χ1n) is 7.24. The van der Waals surface area contributed by atoms with Crippen LogP contribution in [0.25, 0.3) is 0 Å². The molecule has 1 aliphatic heterocycles. The average molecular weight is 335 g/mol. The summed E-state index contributed by atoms with van der Waals surface area (Å²) in [6.45, 7) is -1.75. The van der Waals surface area contributed by atoms with Gasteiger partial charge in [-0.25, -0.2) is 9.18 Å². The summed E-state index contributed by atoms with van der Waals surface area (Å²) in [5.41, 5.74) is 1.32. The maximum atomic E-state index is 12.5. The molecule has 0 saturated carbocycles. The van der Waals surface area contributed by atoms with Crippen LogP contribution in [-0.2, 0) is 20.8 Å². The Morgan fingerprint density at radius 2 is 2.00 bits per heavy atom. The number of hydrogen-bond donors (Lipinski definition) is 2. The van der Waals surface area contributed by atoms with E-state index in [2.05, 4.69) is 5.32 Å². The van der Waals surface area contributed by atoms with Crippen LogP contribution in [0.2, 0.25) is 0 Å². The highest BCUT2D eigenvalue weighted by atomic mass is 19.1. The van der Waals surface area contributed by atoms with Crippen LogP contribution < -0.4 is 5.32 Å². The molecule has 1 unspecified atom stereocenters. The Hall–Kier alpha value is -2.90. The molecule has 0 aliphatic carbocycles. The van der Waals surface area contributed by atoms with E-state index in [1.807, 2.05) is 6.07 Å². The summed E-state index contributed by atoms with van der Waals surface area (Å²) in [5.74, 6) is -3.45. The number of carbonyl (C=O) groups excluding carboxylic acids is 3. The lowest BCUT2D eigenvalue weighted by molar-refractivity contribution is -0.414. The minimum atomic E-state index is -1.45. The summed E-state index contributed by atoms with van der Waals surface area (Å²) in [6, 6.07) is 5.52. The van der Waals surface area contributed by atoms with E-state index in [-0.39, 0.29) is 12.5 Å². The minimum Gasteiger partial charge on any atom is -0.481 e. The zero-order valence-corrected chi connectivity index (χ0v) is 12.7. The van der Waals surface area contributed by atoms with Crippen LogP contribution >= 0.6 is 0 Å². The molecule has 0 fully saturated rings. The number of rotatable bonds is 7. The highest BCUT2D eigenvalue weighted by molar-refractivity contribution is 5.97. The van der Waals surface area contributed by atoms with E-state index >= 15 is 0 Å². The smallest absolute Gasteiger partial charge is 0.419 e. The number of aliphatic carboxylic acids is 1. The molecule has 7 nitrogen and oxygen atoms in total. The Bertz CT molecular complexity index is 729. The van der Waals surface area contributed by atoms with Crippen molar-refractivity contribution in [2.75, 3.05) is 13.2 Å². The van der Waals surface area contributed by atoms with Gasteiger partial charge in [0.25, 0.3) is 5.91 Å². The van der Waals surface area contributed by atoms with Crippen molar-refractivity contribution < 1.29 is 33.3 Å². The first-order chi connectivity index (χ1) is 11.4. The van der Waals surface area contributed by atoms with Gasteiger partial charge in [-0.2, -0.15) is 4.58 Å². The average Bonchev–Trinajstić information content (AvgIpc) is 2.56. The van der Waals surface area contributed by atoms with Crippen molar-refractivity contribution in [2.24, 2.45) is 0 Å². The standard InChI is InChI=1S/C16H15FN2O5/c17-8-13(20)12(7-15(22)23)18-14(21)9-19-6-5-10-3-1-2-4-11(10)16(19)24/h1-4,6,12H,5,7-9H2,(H-,18,21,22,23)/p+1. The van der Waals surface area contributed by atoms with Gasteiger partial charge in [-0.3, -0.25) is 14.4 Å². The van der Waals surface area contributed by atoms with Gasteiger partial charge in [0.15, 0.2) is 12.0 Å². The van der Waals surface area contributed by atoms with E-state index in [4.69, 9.17) is 5.11 Å². The van der Waals surface area contributed by atoms with Crippen LogP contribution in [0.3, 0.4) is 0 Å². The van der Waals surface area contributed by atoms with E-state index < -0.39 is 36.8 Å². The molecule has 0 radical (unpaired) electrons. The predicted octanol–water partition coefficient (Wildman–Crippen LogP) is -0.0357. The number of amides is 2. The van der Waals surface area contributed by atoms with Gasteiger partial charge in [0.2, 0.25) is 6.54 Å². The lowest BCUT2D eigenvalue weighted by Gasteiger charge is -2.14. The maximum Gasteiger partial charge on any atom is 0.419 e. The minimum absolute atomic E-state index is 0.362. The number of carbonyl (C=O) groups is 4. The summed E-state index contributed by atoms with van der Waals surface area (Å²) < 4.78 is 13.6. The van der Waals surface area contributed by atoms with Crippen LogP contribution in [0.1, 0.15) is 22.3 Å².